The second-order valence-corrected chi connectivity index (χ2v) is 3.16. The van der Waals surface area contributed by atoms with Crippen molar-refractivity contribution in [3.8, 4) is 0 Å². The van der Waals surface area contributed by atoms with Crippen molar-refractivity contribution in [3.05, 3.63) is 38.5 Å². The number of fused-ring (bicyclic) bond motifs is 1. The van der Waals surface area contributed by atoms with Gasteiger partial charge in [0.05, 0.1) is 17.3 Å². The molecule has 12 heavy (non-hydrogen) atoms. The molecule has 0 aliphatic carbocycles. The Bertz CT molecular complexity index is 498. The van der Waals surface area contributed by atoms with Crippen LogP contribution >= 0.6 is 15.9 Å². The van der Waals surface area contributed by atoms with Crippen molar-refractivity contribution >= 4 is 27.9 Å². The van der Waals surface area contributed by atoms with Crippen LogP contribution in [-0.2, 0) is 0 Å². The summed E-state index contributed by atoms with van der Waals surface area (Å²) in [6.45, 7) is 0. The zero-order valence-electron chi connectivity index (χ0n) is 5.95. The van der Waals surface area contributed by atoms with Crippen molar-refractivity contribution < 1.29 is 0 Å². The number of aromatic nitrogens is 1. The standard InChI is InChI=1S/C8H3BrN3/c9-7-3-11-4-8-6(7)1-5(2-10)12-8/h1,3-4H/q-1. The minimum atomic E-state index is 0.429. The summed E-state index contributed by atoms with van der Waals surface area (Å²) in [6.07, 6.45) is 5.06. The molecule has 1 aromatic heterocycles. The minimum Gasteiger partial charge on any atom is -0.761 e. The van der Waals surface area contributed by atoms with Gasteiger partial charge in [0.1, 0.15) is 0 Å². The maximum atomic E-state index is 8.58. The van der Waals surface area contributed by atoms with Crippen molar-refractivity contribution in [1.29, 1.82) is 0 Å². The van der Waals surface area contributed by atoms with E-state index in [1.54, 1.807) is 18.5 Å². The van der Waals surface area contributed by atoms with Crippen LogP contribution in [0, 0.1) is 0 Å². The highest BCUT2D eigenvalue weighted by Gasteiger charge is 2.01. The van der Waals surface area contributed by atoms with E-state index in [9.17, 15) is 0 Å². The van der Waals surface area contributed by atoms with E-state index < -0.39 is 0 Å². The van der Waals surface area contributed by atoms with E-state index in [-0.39, 0.29) is 0 Å². The van der Waals surface area contributed by atoms with Gasteiger partial charge >= 0.3 is 0 Å². The molecular formula is C8H3BrN3-. The molecule has 0 N–H and O–H groups in total. The average Bonchev–Trinajstić information content (AvgIpc) is 2.49. The van der Waals surface area contributed by atoms with Crippen molar-refractivity contribution in [3.63, 3.8) is 0 Å². The van der Waals surface area contributed by atoms with Crippen molar-refractivity contribution in [2.45, 2.75) is 0 Å². The number of hydrogen-bond acceptors (Lipinski definition) is 2. The number of pyridine rings is 1. The summed E-state index contributed by atoms with van der Waals surface area (Å²) in [4.78, 5) is 7.98. The lowest BCUT2D eigenvalue weighted by Gasteiger charge is -1.85. The number of nitrogens with zero attached hydrogens (tertiary/aromatic N) is 3. The zero-order valence-corrected chi connectivity index (χ0v) is 7.54. The van der Waals surface area contributed by atoms with E-state index >= 15 is 0 Å². The van der Waals surface area contributed by atoms with Crippen LogP contribution in [-0.4, -0.2) is 10.9 Å². The monoisotopic (exact) mass is 220 g/mol. The van der Waals surface area contributed by atoms with Gasteiger partial charge in [0, 0.05) is 15.9 Å². The molecule has 0 amide bonds. The summed E-state index contributed by atoms with van der Waals surface area (Å²) in [6, 6.07) is 0. The van der Waals surface area contributed by atoms with Gasteiger partial charge in [0.2, 0.25) is 0 Å². The predicted molar refractivity (Wildman–Crippen MR) is 49.1 cm³/mol. The Labute approximate surface area is 76.8 Å². The van der Waals surface area contributed by atoms with Crippen molar-refractivity contribution in [2.24, 2.45) is 4.99 Å². The van der Waals surface area contributed by atoms with Gasteiger partial charge in [-0.3, -0.25) is 4.98 Å². The summed E-state index contributed by atoms with van der Waals surface area (Å²) in [5, 5.41) is 10.3. The van der Waals surface area contributed by atoms with Crippen LogP contribution in [0.4, 0.5) is 0 Å². The highest BCUT2D eigenvalue weighted by Crippen LogP contribution is 2.02. The number of rotatable bonds is 0. The molecule has 4 heteroatoms. The van der Waals surface area contributed by atoms with Gasteiger partial charge < -0.3 is 5.41 Å². The van der Waals surface area contributed by atoms with E-state index in [0.29, 0.717) is 5.70 Å². The number of halogens is 1. The lowest BCUT2D eigenvalue weighted by molar-refractivity contribution is 1.20. The molecule has 1 aliphatic rings. The Kier molecular flexibility index (Phi) is 1.64. The second-order valence-electron chi connectivity index (χ2n) is 2.31. The molecule has 0 radical (unpaired) electrons. The first-order valence-electron chi connectivity index (χ1n) is 3.28. The Morgan fingerprint density at radius 3 is 2.92 bits per heavy atom. The van der Waals surface area contributed by atoms with E-state index in [4.69, 9.17) is 5.41 Å². The molecule has 1 aliphatic heterocycles. The molecule has 0 aromatic carbocycles. The number of allylic oxidation sites excluding steroid dienone is 1. The SMILES string of the molecule is [N-]=C=C1C=c2c(Br)cncc2=N1. The van der Waals surface area contributed by atoms with E-state index in [1.807, 2.05) is 5.87 Å². The molecule has 1 aromatic rings. The molecule has 0 atom stereocenters. The largest absolute Gasteiger partial charge is 0.761 e. The smallest absolute Gasteiger partial charge is 0.0911 e. The van der Waals surface area contributed by atoms with Gasteiger partial charge in [-0.2, -0.15) is 0 Å². The first-order chi connectivity index (χ1) is 5.81. The summed E-state index contributed by atoms with van der Waals surface area (Å²) in [5.74, 6) is 1.98. The summed E-state index contributed by atoms with van der Waals surface area (Å²) >= 11 is 3.33. The van der Waals surface area contributed by atoms with Crippen LogP contribution in [0.5, 0.6) is 0 Å². The summed E-state index contributed by atoms with van der Waals surface area (Å²) in [5.41, 5.74) is 0.429. The highest BCUT2D eigenvalue weighted by molar-refractivity contribution is 9.10. The van der Waals surface area contributed by atoms with Crippen molar-refractivity contribution in [1.82, 2.24) is 4.98 Å². The van der Waals surface area contributed by atoms with E-state index in [2.05, 4.69) is 25.9 Å². The highest BCUT2D eigenvalue weighted by atomic mass is 79.9. The Morgan fingerprint density at radius 2 is 2.25 bits per heavy atom. The van der Waals surface area contributed by atoms with Gasteiger partial charge in [-0.1, -0.05) is 0 Å². The van der Waals surface area contributed by atoms with Gasteiger partial charge in [-0.15, -0.1) is 0 Å². The van der Waals surface area contributed by atoms with Crippen LogP contribution in [0.15, 0.2) is 27.6 Å². The molecule has 3 nitrogen and oxygen atoms in total. The first-order valence-corrected chi connectivity index (χ1v) is 4.07. The second kappa shape index (κ2) is 2.66. The first kappa shape index (κ1) is 7.40. The van der Waals surface area contributed by atoms with Gasteiger partial charge in [-0.25, -0.2) is 10.9 Å². The molecule has 2 heterocycles. The topological polar surface area (TPSA) is 47.5 Å². The molecule has 2 rings (SSSR count). The molecule has 0 spiro atoms. The fourth-order valence-corrected chi connectivity index (χ4v) is 1.46. The molecule has 58 valence electrons. The third kappa shape index (κ3) is 1.02. The fraction of sp³-hybridized carbons (Fsp3) is 0. The maximum absolute atomic E-state index is 8.58. The number of hydrogen-bond donors (Lipinski definition) is 0. The Hall–Kier alpha value is -1.25. The zero-order chi connectivity index (χ0) is 8.55. The lowest BCUT2D eigenvalue weighted by atomic mass is 10.3. The van der Waals surface area contributed by atoms with Crippen LogP contribution in [0.1, 0.15) is 0 Å². The van der Waals surface area contributed by atoms with Crippen LogP contribution in [0.2, 0.25) is 0 Å². The van der Waals surface area contributed by atoms with Crippen molar-refractivity contribution in [2.75, 3.05) is 0 Å². The van der Waals surface area contributed by atoms with E-state index in [1.165, 1.54) is 0 Å². The summed E-state index contributed by atoms with van der Waals surface area (Å²) < 4.78 is 0.869. The average molecular weight is 221 g/mol. The fourth-order valence-electron chi connectivity index (χ4n) is 1.02. The molecule has 0 bridgehead atoms. The predicted octanol–water partition coefficient (Wildman–Crippen LogP) is 0.381. The van der Waals surface area contributed by atoms with Gasteiger partial charge in [0.15, 0.2) is 0 Å². The van der Waals surface area contributed by atoms with Crippen LogP contribution in [0.3, 0.4) is 0 Å². The maximum Gasteiger partial charge on any atom is 0.0911 e. The molecule has 0 saturated carbocycles. The normalized spacial score (nSPS) is 12.9. The molecule has 0 fully saturated rings. The van der Waals surface area contributed by atoms with Crippen LogP contribution < -0.4 is 10.6 Å². The molecular weight excluding hydrogens is 218 g/mol. The summed E-state index contributed by atoms with van der Waals surface area (Å²) in [7, 11) is 0. The molecule has 0 unspecified atom stereocenters. The quantitative estimate of drug-likeness (QED) is 0.584. The molecule has 0 saturated heterocycles. The van der Waals surface area contributed by atoms with Crippen LogP contribution in [0.25, 0.3) is 11.5 Å². The third-order valence-corrected chi connectivity index (χ3v) is 2.19. The lowest BCUT2D eigenvalue weighted by Crippen LogP contribution is -2.22. The minimum absolute atomic E-state index is 0.429. The Balaban J connectivity index is 2.94. The van der Waals surface area contributed by atoms with E-state index in [0.717, 1.165) is 15.0 Å². The van der Waals surface area contributed by atoms with Gasteiger partial charge in [-0.05, 0) is 22.0 Å². The Morgan fingerprint density at radius 1 is 1.42 bits per heavy atom. The third-order valence-electron chi connectivity index (χ3n) is 1.55. The van der Waals surface area contributed by atoms with Gasteiger partial charge in [0.25, 0.3) is 0 Å².